The van der Waals surface area contributed by atoms with Gasteiger partial charge in [-0.1, -0.05) is 26.8 Å². The molecule has 4 nitrogen and oxygen atoms in total. The van der Waals surface area contributed by atoms with Crippen molar-refractivity contribution in [3.63, 3.8) is 0 Å². The Balaban J connectivity index is 1.73. The topological polar surface area (TPSA) is 55.6 Å². The van der Waals surface area contributed by atoms with Crippen LogP contribution in [0.2, 0.25) is 0 Å². The van der Waals surface area contributed by atoms with Crippen LogP contribution < -0.4 is 10.5 Å². The molecule has 1 aliphatic rings. The van der Waals surface area contributed by atoms with Crippen molar-refractivity contribution >= 4 is 11.6 Å². The Bertz CT molecular complexity index is 494. The van der Waals surface area contributed by atoms with Crippen LogP contribution in [0, 0.1) is 11.3 Å². The number of amides is 1. The van der Waals surface area contributed by atoms with Crippen LogP contribution in [-0.2, 0) is 4.79 Å². The van der Waals surface area contributed by atoms with Crippen molar-refractivity contribution in [2.24, 2.45) is 11.3 Å². The van der Waals surface area contributed by atoms with Crippen LogP contribution in [-0.4, -0.2) is 30.5 Å². The van der Waals surface area contributed by atoms with E-state index in [0.29, 0.717) is 24.6 Å². The Morgan fingerprint density at radius 3 is 2.76 bits per heavy atom. The minimum absolute atomic E-state index is 0.197. The van der Waals surface area contributed by atoms with E-state index >= 15 is 0 Å². The van der Waals surface area contributed by atoms with Gasteiger partial charge in [0.2, 0.25) is 5.91 Å². The lowest BCUT2D eigenvalue weighted by Crippen LogP contribution is -2.29. The van der Waals surface area contributed by atoms with Gasteiger partial charge in [0.05, 0.1) is 6.61 Å². The van der Waals surface area contributed by atoms with Gasteiger partial charge in [-0.2, -0.15) is 0 Å². The van der Waals surface area contributed by atoms with Crippen LogP contribution in [0.15, 0.2) is 24.3 Å². The number of likely N-dealkylation sites (tertiary alicyclic amines) is 1. The number of anilines is 1. The highest BCUT2D eigenvalue weighted by Crippen LogP contribution is 2.34. The first-order valence-corrected chi connectivity index (χ1v) is 7.62. The first-order chi connectivity index (χ1) is 9.86. The fourth-order valence-corrected chi connectivity index (χ4v) is 2.62. The SMILES string of the molecule is CC(C)(C)C1CC(=O)N(CCCOc2cccc(N)c2)C1. The molecule has 2 rings (SSSR count). The minimum Gasteiger partial charge on any atom is -0.493 e. The number of carbonyl (C=O) groups is 1. The third-order valence-electron chi connectivity index (χ3n) is 4.14. The number of benzene rings is 1. The van der Waals surface area contributed by atoms with Gasteiger partial charge < -0.3 is 15.4 Å². The fourth-order valence-electron chi connectivity index (χ4n) is 2.62. The average Bonchev–Trinajstić information content (AvgIpc) is 2.76. The average molecular weight is 290 g/mol. The molecule has 0 bridgehead atoms. The van der Waals surface area contributed by atoms with Gasteiger partial charge >= 0.3 is 0 Å². The third-order valence-corrected chi connectivity index (χ3v) is 4.14. The van der Waals surface area contributed by atoms with Gasteiger partial charge in [-0.3, -0.25) is 4.79 Å². The second-order valence-electron chi connectivity index (χ2n) is 6.88. The lowest BCUT2D eigenvalue weighted by Gasteiger charge is -2.26. The number of nitrogen functional groups attached to an aromatic ring is 1. The Labute approximate surface area is 127 Å². The van der Waals surface area contributed by atoms with Crippen molar-refractivity contribution in [3.05, 3.63) is 24.3 Å². The molecule has 1 heterocycles. The quantitative estimate of drug-likeness (QED) is 0.670. The highest BCUT2D eigenvalue weighted by molar-refractivity contribution is 5.78. The number of ether oxygens (including phenoxy) is 1. The number of carbonyl (C=O) groups excluding carboxylic acids is 1. The Morgan fingerprint density at radius 1 is 1.38 bits per heavy atom. The summed E-state index contributed by atoms with van der Waals surface area (Å²) in [7, 11) is 0. The zero-order valence-corrected chi connectivity index (χ0v) is 13.3. The number of hydrogen-bond donors (Lipinski definition) is 1. The third kappa shape index (κ3) is 4.38. The summed E-state index contributed by atoms with van der Waals surface area (Å²) in [5.74, 6) is 1.52. The summed E-state index contributed by atoms with van der Waals surface area (Å²) < 4.78 is 5.66. The minimum atomic E-state index is 0.197. The molecule has 2 N–H and O–H groups in total. The monoisotopic (exact) mass is 290 g/mol. The van der Waals surface area contributed by atoms with E-state index in [4.69, 9.17) is 10.5 Å². The maximum absolute atomic E-state index is 12.0. The van der Waals surface area contributed by atoms with E-state index in [1.807, 2.05) is 29.2 Å². The fraction of sp³-hybridized carbons (Fsp3) is 0.588. The van der Waals surface area contributed by atoms with E-state index in [1.165, 1.54) is 0 Å². The molecule has 1 aromatic carbocycles. The van der Waals surface area contributed by atoms with Gasteiger partial charge in [0, 0.05) is 31.3 Å². The van der Waals surface area contributed by atoms with Crippen molar-refractivity contribution in [1.82, 2.24) is 4.90 Å². The summed E-state index contributed by atoms with van der Waals surface area (Å²) in [6.07, 6.45) is 1.52. The van der Waals surface area contributed by atoms with E-state index in [0.717, 1.165) is 25.3 Å². The van der Waals surface area contributed by atoms with Crippen LogP contribution >= 0.6 is 0 Å². The highest BCUT2D eigenvalue weighted by atomic mass is 16.5. The Kier molecular flexibility index (Phi) is 4.76. The highest BCUT2D eigenvalue weighted by Gasteiger charge is 2.36. The largest absolute Gasteiger partial charge is 0.493 e. The lowest BCUT2D eigenvalue weighted by atomic mass is 9.80. The zero-order valence-electron chi connectivity index (χ0n) is 13.3. The molecule has 0 aliphatic carbocycles. The van der Waals surface area contributed by atoms with Crippen molar-refractivity contribution in [1.29, 1.82) is 0 Å². The molecule has 1 atom stereocenters. The van der Waals surface area contributed by atoms with Crippen LogP contribution in [0.4, 0.5) is 5.69 Å². The van der Waals surface area contributed by atoms with Crippen LogP contribution in [0.1, 0.15) is 33.6 Å². The molecule has 0 saturated carbocycles. The lowest BCUT2D eigenvalue weighted by molar-refractivity contribution is -0.127. The predicted molar refractivity (Wildman–Crippen MR) is 85.1 cm³/mol. The summed E-state index contributed by atoms with van der Waals surface area (Å²) in [6, 6.07) is 7.43. The molecule has 1 amide bonds. The molecular weight excluding hydrogens is 264 g/mol. The maximum atomic E-state index is 12.0. The first kappa shape index (κ1) is 15.7. The van der Waals surface area contributed by atoms with E-state index in [2.05, 4.69) is 20.8 Å². The standard InChI is InChI=1S/C17H26N2O2/c1-17(2,3)13-10-16(20)19(12-13)8-5-9-21-15-7-4-6-14(18)11-15/h4,6-7,11,13H,5,8-10,12,18H2,1-3H3. The van der Waals surface area contributed by atoms with Gasteiger partial charge in [-0.05, 0) is 29.9 Å². The molecule has 0 radical (unpaired) electrons. The van der Waals surface area contributed by atoms with E-state index in [9.17, 15) is 4.79 Å². The molecule has 1 fully saturated rings. The molecule has 1 unspecified atom stereocenters. The predicted octanol–water partition coefficient (Wildman–Crippen LogP) is 2.93. The van der Waals surface area contributed by atoms with Gasteiger partial charge in [-0.25, -0.2) is 0 Å². The zero-order chi connectivity index (χ0) is 15.5. The van der Waals surface area contributed by atoms with Crippen LogP contribution in [0.25, 0.3) is 0 Å². The van der Waals surface area contributed by atoms with Crippen molar-refractivity contribution < 1.29 is 9.53 Å². The molecule has 0 aromatic heterocycles. The summed E-state index contributed by atoms with van der Waals surface area (Å²) in [6.45, 7) is 8.87. The number of hydrogen-bond acceptors (Lipinski definition) is 3. The molecule has 21 heavy (non-hydrogen) atoms. The number of nitrogens with two attached hydrogens (primary N) is 1. The van der Waals surface area contributed by atoms with Gasteiger partial charge in [0.25, 0.3) is 0 Å². The van der Waals surface area contributed by atoms with Crippen LogP contribution in [0.3, 0.4) is 0 Å². The summed E-state index contributed by atoms with van der Waals surface area (Å²) >= 11 is 0. The van der Waals surface area contributed by atoms with Gasteiger partial charge in [0.15, 0.2) is 0 Å². The van der Waals surface area contributed by atoms with Crippen LogP contribution in [0.5, 0.6) is 5.75 Å². The maximum Gasteiger partial charge on any atom is 0.222 e. The second-order valence-corrected chi connectivity index (χ2v) is 6.88. The molecule has 116 valence electrons. The normalized spacial score (nSPS) is 19.1. The Hall–Kier alpha value is -1.71. The number of rotatable bonds is 5. The molecular formula is C17H26N2O2. The Morgan fingerprint density at radius 2 is 2.14 bits per heavy atom. The summed E-state index contributed by atoms with van der Waals surface area (Å²) in [5, 5.41) is 0. The molecule has 4 heteroatoms. The van der Waals surface area contributed by atoms with Crippen molar-refractivity contribution in [3.8, 4) is 5.75 Å². The molecule has 1 saturated heterocycles. The molecule has 0 spiro atoms. The molecule has 1 aromatic rings. The smallest absolute Gasteiger partial charge is 0.222 e. The van der Waals surface area contributed by atoms with E-state index < -0.39 is 0 Å². The summed E-state index contributed by atoms with van der Waals surface area (Å²) in [4.78, 5) is 14.0. The van der Waals surface area contributed by atoms with E-state index in [1.54, 1.807) is 0 Å². The first-order valence-electron chi connectivity index (χ1n) is 7.62. The molecule has 1 aliphatic heterocycles. The van der Waals surface area contributed by atoms with Crippen molar-refractivity contribution in [2.75, 3.05) is 25.4 Å². The summed E-state index contributed by atoms with van der Waals surface area (Å²) in [5.41, 5.74) is 6.60. The van der Waals surface area contributed by atoms with E-state index in [-0.39, 0.29) is 11.3 Å². The number of nitrogens with zero attached hydrogens (tertiary/aromatic N) is 1. The van der Waals surface area contributed by atoms with Crippen molar-refractivity contribution in [2.45, 2.75) is 33.6 Å². The van der Waals surface area contributed by atoms with Gasteiger partial charge in [0.1, 0.15) is 5.75 Å². The second kappa shape index (κ2) is 6.37. The van der Waals surface area contributed by atoms with Gasteiger partial charge in [-0.15, -0.1) is 0 Å².